The van der Waals surface area contributed by atoms with Gasteiger partial charge in [0.15, 0.2) is 0 Å². The van der Waals surface area contributed by atoms with Crippen molar-refractivity contribution >= 4 is 17.0 Å². The molecular formula is C14H18N2O3. The van der Waals surface area contributed by atoms with E-state index in [-0.39, 0.29) is 12.1 Å². The van der Waals surface area contributed by atoms with Crippen LogP contribution in [0.15, 0.2) is 24.3 Å². The highest BCUT2D eigenvalue weighted by molar-refractivity contribution is 5.78. The monoisotopic (exact) mass is 262 g/mol. The molecule has 1 N–H and O–H groups in total. The number of carboxylic acid groups (broad SMARTS) is 1. The van der Waals surface area contributed by atoms with E-state index in [1.165, 1.54) is 0 Å². The van der Waals surface area contributed by atoms with Gasteiger partial charge in [-0.15, -0.1) is 0 Å². The summed E-state index contributed by atoms with van der Waals surface area (Å²) >= 11 is 0. The second kappa shape index (κ2) is 5.01. The van der Waals surface area contributed by atoms with Gasteiger partial charge in [-0.05, 0) is 32.9 Å². The van der Waals surface area contributed by atoms with Crippen LogP contribution in [-0.4, -0.2) is 26.2 Å². The normalized spacial score (nSPS) is 11.9. The van der Waals surface area contributed by atoms with Gasteiger partial charge >= 0.3 is 5.97 Å². The number of nitrogens with zero attached hydrogens (tertiary/aromatic N) is 2. The van der Waals surface area contributed by atoms with Gasteiger partial charge in [0, 0.05) is 0 Å². The molecule has 1 aromatic heterocycles. The zero-order valence-corrected chi connectivity index (χ0v) is 11.4. The molecule has 1 aromatic carbocycles. The lowest BCUT2D eigenvalue weighted by Gasteiger charge is -2.19. The lowest BCUT2D eigenvalue weighted by molar-refractivity contribution is -0.137. The van der Waals surface area contributed by atoms with Crippen molar-refractivity contribution in [1.29, 1.82) is 0 Å². The minimum absolute atomic E-state index is 0.108. The van der Waals surface area contributed by atoms with E-state index in [9.17, 15) is 4.79 Å². The zero-order chi connectivity index (χ0) is 14.0. The molecule has 19 heavy (non-hydrogen) atoms. The summed E-state index contributed by atoms with van der Waals surface area (Å²) in [4.78, 5) is 15.4. The summed E-state index contributed by atoms with van der Waals surface area (Å²) in [5.41, 5.74) is 1.32. The van der Waals surface area contributed by atoms with Crippen molar-refractivity contribution in [3.63, 3.8) is 0 Å². The lowest BCUT2D eigenvalue weighted by atomic mass is 10.2. The number of carbonyl (C=O) groups is 1. The largest absolute Gasteiger partial charge is 0.480 e. The summed E-state index contributed by atoms with van der Waals surface area (Å²) in [5.74, 6) is -0.251. The standard InChI is InChI=1S/C14H18N2O3/c1-14(2,3)19-9-12-15-10-6-4-5-7-11(10)16(12)8-13(17)18/h4-7H,8-9H2,1-3H3,(H,17,18). The molecule has 0 aliphatic heterocycles. The third kappa shape index (κ3) is 3.32. The number of benzene rings is 1. The number of hydrogen-bond acceptors (Lipinski definition) is 3. The molecule has 0 unspecified atom stereocenters. The van der Waals surface area contributed by atoms with E-state index in [4.69, 9.17) is 9.84 Å². The van der Waals surface area contributed by atoms with E-state index in [2.05, 4.69) is 4.98 Å². The molecule has 102 valence electrons. The number of para-hydroxylation sites is 2. The summed E-state index contributed by atoms with van der Waals surface area (Å²) in [6.07, 6.45) is 0. The van der Waals surface area contributed by atoms with Crippen LogP contribution in [0.3, 0.4) is 0 Å². The van der Waals surface area contributed by atoms with Crippen molar-refractivity contribution in [2.24, 2.45) is 0 Å². The lowest BCUT2D eigenvalue weighted by Crippen LogP contribution is -2.21. The fourth-order valence-corrected chi connectivity index (χ4v) is 1.83. The second-order valence-electron chi connectivity index (χ2n) is 5.40. The van der Waals surface area contributed by atoms with Crippen molar-refractivity contribution in [2.75, 3.05) is 0 Å². The molecule has 0 aliphatic carbocycles. The van der Waals surface area contributed by atoms with Crippen LogP contribution in [0.4, 0.5) is 0 Å². The van der Waals surface area contributed by atoms with E-state index in [0.717, 1.165) is 11.0 Å². The van der Waals surface area contributed by atoms with Gasteiger partial charge in [0.2, 0.25) is 0 Å². The summed E-state index contributed by atoms with van der Waals surface area (Å²) in [6.45, 7) is 6.06. The zero-order valence-electron chi connectivity index (χ0n) is 11.4. The number of carboxylic acids is 1. The fourth-order valence-electron chi connectivity index (χ4n) is 1.83. The first-order valence-electron chi connectivity index (χ1n) is 6.17. The van der Waals surface area contributed by atoms with E-state index in [1.54, 1.807) is 4.57 Å². The van der Waals surface area contributed by atoms with Gasteiger partial charge in [0.05, 0.1) is 16.6 Å². The molecule has 0 amide bonds. The van der Waals surface area contributed by atoms with E-state index < -0.39 is 5.97 Å². The third-order valence-electron chi connectivity index (χ3n) is 2.66. The molecule has 0 atom stereocenters. The number of imidazole rings is 1. The Labute approximate surface area is 111 Å². The Morgan fingerprint density at radius 2 is 2.05 bits per heavy atom. The van der Waals surface area contributed by atoms with E-state index in [0.29, 0.717) is 12.4 Å². The summed E-state index contributed by atoms with van der Waals surface area (Å²) < 4.78 is 7.37. The quantitative estimate of drug-likeness (QED) is 0.919. The van der Waals surface area contributed by atoms with Crippen LogP contribution >= 0.6 is 0 Å². The number of ether oxygens (including phenoxy) is 1. The third-order valence-corrected chi connectivity index (χ3v) is 2.66. The number of hydrogen-bond donors (Lipinski definition) is 1. The highest BCUT2D eigenvalue weighted by atomic mass is 16.5. The minimum Gasteiger partial charge on any atom is -0.480 e. The first-order valence-corrected chi connectivity index (χ1v) is 6.17. The van der Waals surface area contributed by atoms with Gasteiger partial charge in [0.25, 0.3) is 0 Å². The highest BCUT2D eigenvalue weighted by Gasteiger charge is 2.16. The highest BCUT2D eigenvalue weighted by Crippen LogP contribution is 2.18. The topological polar surface area (TPSA) is 64.4 Å². The molecule has 0 saturated carbocycles. The predicted molar refractivity (Wildman–Crippen MR) is 71.9 cm³/mol. The Balaban J connectivity index is 2.38. The molecule has 0 saturated heterocycles. The molecular weight excluding hydrogens is 244 g/mol. The smallest absolute Gasteiger partial charge is 0.323 e. The molecule has 0 aliphatic rings. The molecule has 0 spiro atoms. The van der Waals surface area contributed by atoms with Crippen LogP contribution in [0.5, 0.6) is 0 Å². The number of fused-ring (bicyclic) bond motifs is 1. The van der Waals surface area contributed by atoms with Gasteiger partial charge < -0.3 is 14.4 Å². The molecule has 1 heterocycles. The maximum absolute atomic E-state index is 11.0. The summed E-state index contributed by atoms with van der Waals surface area (Å²) in [7, 11) is 0. The molecule has 5 nitrogen and oxygen atoms in total. The second-order valence-corrected chi connectivity index (χ2v) is 5.40. The molecule has 0 radical (unpaired) electrons. The average molecular weight is 262 g/mol. The Morgan fingerprint density at radius 3 is 2.68 bits per heavy atom. The Hall–Kier alpha value is -1.88. The Morgan fingerprint density at radius 1 is 1.37 bits per heavy atom. The van der Waals surface area contributed by atoms with Crippen molar-refractivity contribution in [2.45, 2.75) is 39.5 Å². The predicted octanol–water partition coefficient (Wildman–Crippen LogP) is 2.44. The number of aliphatic carboxylic acids is 1. The van der Waals surface area contributed by atoms with Crippen molar-refractivity contribution in [3.05, 3.63) is 30.1 Å². The van der Waals surface area contributed by atoms with Gasteiger partial charge in [-0.25, -0.2) is 4.98 Å². The van der Waals surface area contributed by atoms with Gasteiger partial charge in [-0.3, -0.25) is 4.79 Å². The SMILES string of the molecule is CC(C)(C)OCc1nc2ccccc2n1CC(=O)O. The first-order chi connectivity index (χ1) is 8.87. The molecule has 5 heteroatoms. The van der Waals surface area contributed by atoms with Crippen LogP contribution in [0.2, 0.25) is 0 Å². The Kier molecular flexibility index (Phi) is 3.57. The molecule has 2 aromatic rings. The minimum atomic E-state index is -0.889. The van der Waals surface area contributed by atoms with Crippen LogP contribution < -0.4 is 0 Å². The van der Waals surface area contributed by atoms with Gasteiger partial charge in [-0.1, -0.05) is 12.1 Å². The first kappa shape index (κ1) is 13.5. The van der Waals surface area contributed by atoms with Crippen LogP contribution in [0.25, 0.3) is 11.0 Å². The van der Waals surface area contributed by atoms with Crippen LogP contribution in [-0.2, 0) is 22.7 Å². The molecule has 0 fully saturated rings. The van der Waals surface area contributed by atoms with Crippen molar-refractivity contribution in [1.82, 2.24) is 9.55 Å². The summed E-state index contributed by atoms with van der Waals surface area (Å²) in [5, 5.41) is 9.01. The maximum atomic E-state index is 11.0. The summed E-state index contributed by atoms with van der Waals surface area (Å²) in [6, 6.07) is 7.49. The van der Waals surface area contributed by atoms with Crippen molar-refractivity contribution < 1.29 is 14.6 Å². The van der Waals surface area contributed by atoms with Crippen molar-refractivity contribution in [3.8, 4) is 0 Å². The number of aromatic nitrogens is 2. The van der Waals surface area contributed by atoms with E-state index in [1.807, 2.05) is 45.0 Å². The maximum Gasteiger partial charge on any atom is 0.323 e. The van der Waals surface area contributed by atoms with Gasteiger partial charge in [0.1, 0.15) is 19.0 Å². The molecule has 0 bridgehead atoms. The number of rotatable bonds is 4. The van der Waals surface area contributed by atoms with E-state index >= 15 is 0 Å². The van der Waals surface area contributed by atoms with Crippen LogP contribution in [0, 0.1) is 0 Å². The average Bonchev–Trinajstić information content (AvgIpc) is 2.64. The fraction of sp³-hybridized carbons (Fsp3) is 0.429. The Bertz CT molecular complexity index is 596. The van der Waals surface area contributed by atoms with Gasteiger partial charge in [-0.2, -0.15) is 0 Å². The van der Waals surface area contributed by atoms with Crippen LogP contribution in [0.1, 0.15) is 26.6 Å². The molecule has 2 rings (SSSR count).